The van der Waals surface area contributed by atoms with Gasteiger partial charge in [0.25, 0.3) is 10.1 Å². The lowest BCUT2D eigenvalue weighted by molar-refractivity contribution is -0.434. The number of phenols is 1. The molecule has 60 heavy (non-hydrogen) atoms. The monoisotopic (exact) mass is 963 g/mol. The van der Waals surface area contributed by atoms with Gasteiger partial charge in [-0.1, -0.05) is 10.1 Å². The van der Waals surface area contributed by atoms with E-state index in [0.29, 0.717) is 0 Å². The van der Waals surface area contributed by atoms with Crippen LogP contribution in [0.2, 0.25) is 0 Å². The summed E-state index contributed by atoms with van der Waals surface area (Å²) in [4.78, 5) is -1.81. The van der Waals surface area contributed by atoms with Crippen molar-refractivity contribution in [3.63, 3.8) is 0 Å². The fourth-order valence-electron chi connectivity index (χ4n) is 4.82. The maximum atomic E-state index is 13.0. The molecule has 0 unspecified atom stereocenters. The molecule has 4 rings (SSSR count). The zero-order valence-corrected chi connectivity index (χ0v) is 34.9. The van der Waals surface area contributed by atoms with Crippen molar-refractivity contribution >= 4 is 104 Å². The third-order valence-corrected chi connectivity index (χ3v) is 13.1. The minimum absolute atomic E-state index is 0.0443. The number of hydrogen-bond donors (Lipinski definition) is 6. The molecule has 0 saturated carbocycles. The Bertz CT molecular complexity index is 2720. The van der Waals surface area contributed by atoms with E-state index in [-0.39, 0.29) is 74.4 Å². The van der Waals surface area contributed by atoms with Crippen molar-refractivity contribution < 1.29 is 95.0 Å². The number of azo groups is 2. The molecule has 0 spiro atoms. The second-order valence-corrected chi connectivity index (χ2v) is 18.9. The van der Waals surface area contributed by atoms with E-state index in [0.717, 1.165) is 38.5 Å². The molecule has 26 nitrogen and oxygen atoms in total. The zero-order valence-electron chi connectivity index (χ0n) is 30.0. The van der Waals surface area contributed by atoms with E-state index in [9.17, 15) is 43.3 Å². The molecule has 328 valence electrons. The van der Waals surface area contributed by atoms with E-state index in [1.54, 1.807) is 0 Å². The molecule has 0 saturated heterocycles. The van der Waals surface area contributed by atoms with Crippen LogP contribution in [0.5, 0.6) is 17.2 Å². The average molecular weight is 964 g/mol. The normalized spacial score (nSPS) is 12.8. The molecular formula is C28H29N5O21S6. The third kappa shape index (κ3) is 12.4. The fourth-order valence-corrected chi connectivity index (χ4v) is 9.05. The van der Waals surface area contributed by atoms with Crippen LogP contribution < -0.4 is 15.2 Å². The highest BCUT2D eigenvalue weighted by Crippen LogP contribution is 2.50. The van der Waals surface area contributed by atoms with Crippen LogP contribution in [0, 0.1) is 0 Å². The first-order valence-electron chi connectivity index (χ1n) is 15.4. The standard InChI is InChI=1S/C28H29N5O21S6/c1-47-19-14-22(58(39,40)10-8-50-60(44,45)46)20(48-2)13-18(19)31-33-27-23(59(41,42)43)12-15-11-21(55-53-51-35)26(28(34)24(15)25(27)29)32-30-16-3-5-17(6-4-16)57(37,38)9-7-49-56-54-52-36/h3-6,11-14,34-36H,7-10,29H2,1-2H3,(H,41,42,43)(H,44,45,46). The summed E-state index contributed by atoms with van der Waals surface area (Å²) < 4.78 is 145. The Balaban J connectivity index is 1.80. The molecule has 32 heteroatoms. The zero-order chi connectivity index (χ0) is 44.5. The average Bonchev–Trinajstić information content (AvgIpc) is 3.17. The van der Waals surface area contributed by atoms with Gasteiger partial charge in [-0.25, -0.2) is 31.5 Å². The third-order valence-electron chi connectivity index (χ3n) is 7.39. The first-order chi connectivity index (χ1) is 28.2. The summed E-state index contributed by atoms with van der Waals surface area (Å²) in [7, 11) is -16.2. The number of fused-ring (bicyclic) bond motifs is 1. The smallest absolute Gasteiger partial charge is 0.397 e. The van der Waals surface area contributed by atoms with Gasteiger partial charge in [0.1, 0.15) is 38.4 Å². The number of benzene rings is 4. The van der Waals surface area contributed by atoms with Crippen LogP contribution in [0.4, 0.5) is 28.4 Å². The van der Waals surface area contributed by atoms with E-state index in [4.69, 9.17) is 34.5 Å². The van der Waals surface area contributed by atoms with Crippen molar-refractivity contribution in [3.05, 3.63) is 48.5 Å². The molecule has 0 radical (unpaired) electrons. The Kier molecular flexibility index (Phi) is 16.5. The van der Waals surface area contributed by atoms with Gasteiger partial charge in [-0.3, -0.25) is 13.3 Å². The molecule has 0 amide bonds. The van der Waals surface area contributed by atoms with Crippen molar-refractivity contribution in [2.45, 2.75) is 19.6 Å². The summed E-state index contributed by atoms with van der Waals surface area (Å²) in [5, 5.41) is 50.6. The minimum Gasteiger partial charge on any atom is -0.505 e. The lowest BCUT2D eigenvalue weighted by Gasteiger charge is -2.15. The minimum atomic E-state index is -5.19. The summed E-state index contributed by atoms with van der Waals surface area (Å²) >= 11 is 0.454. The van der Waals surface area contributed by atoms with Crippen LogP contribution in [0.15, 0.2) is 88.6 Å². The Hall–Kier alpha value is -4.36. The number of nitrogens with two attached hydrogens (primary N) is 1. The van der Waals surface area contributed by atoms with Gasteiger partial charge in [0.2, 0.25) is 0 Å². The Morgan fingerprint density at radius 2 is 1.35 bits per heavy atom. The summed E-state index contributed by atoms with van der Waals surface area (Å²) in [6, 6.07) is 8.76. The van der Waals surface area contributed by atoms with E-state index >= 15 is 0 Å². The van der Waals surface area contributed by atoms with Gasteiger partial charge < -0.3 is 20.3 Å². The number of phenolic OH excluding ortho intramolecular Hbond substituents is 1. The van der Waals surface area contributed by atoms with Gasteiger partial charge in [-0.15, -0.1) is 24.0 Å². The summed E-state index contributed by atoms with van der Waals surface area (Å²) in [6.45, 7) is -1.31. The van der Waals surface area contributed by atoms with E-state index in [1.807, 2.05) is 0 Å². The van der Waals surface area contributed by atoms with Gasteiger partial charge in [-0.2, -0.15) is 21.9 Å². The van der Waals surface area contributed by atoms with Crippen molar-refractivity contribution in [2.24, 2.45) is 20.5 Å². The number of aromatic hydroxyl groups is 1. The molecule has 4 aromatic carbocycles. The first-order valence-corrected chi connectivity index (χ1v) is 23.0. The van der Waals surface area contributed by atoms with Gasteiger partial charge in [0.15, 0.2) is 37.7 Å². The number of methoxy groups -OCH3 is 2. The van der Waals surface area contributed by atoms with Crippen molar-refractivity contribution in [1.82, 2.24) is 0 Å². The molecule has 0 fully saturated rings. The lowest BCUT2D eigenvalue weighted by atomic mass is 10.1. The molecule has 0 aliphatic carbocycles. The predicted octanol–water partition coefficient (Wildman–Crippen LogP) is 5.02. The van der Waals surface area contributed by atoms with Crippen LogP contribution in [-0.2, 0) is 67.3 Å². The van der Waals surface area contributed by atoms with Gasteiger partial charge in [0, 0.05) is 12.1 Å². The van der Waals surface area contributed by atoms with Gasteiger partial charge in [0.05, 0.1) is 77.5 Å². The maximum absolute atomic E-state index is 13.0. The number of nitrogen functional groups attached to an aromatic ring is 1. The lowest BCUT2D eigenvalue weighted by Crippen LogP contribution is -2.16. The molecule has 0 atom stereocenters. The molecule has 4 aromatic rings. The number of sulfone groups is 2. The molecule has 0 bridgehead atoms. The molecule has 0 aliphatic rings. The summed E-state index contributed by atoms with van der Waals surface area (Å²) in [6.07, 6.45) is 0. The number of nitrogens with zero attached hydrogens (tertiary/aromatic N) is 4. The summed E-state index contributed by atoms with van der Waals surface area (Å²) in [5.74, 6) is -2.92. The van der Waals surface area contributed by atoms with Crippen LogP contribution in [0.1, 0.15) is 0 Å². The van der Waals surface area contributed by atoms with Crippen molar-refractivity contribution in [3.8, 4) is 17.2 Å². The maximum Gasteiger partial charge on any atom is 0.397 e. The van der Waals surface area contributed by atoms with Crippen LogP contribution in [-0.4, -0.2) is 97.3 Å². The van der Waals surface area contributed by atoms with E-state index < -0.39 is 90.9 Å². The molecule has 7 N–H and O–H groups in total. The second-order valence-electron chi connectivity index (χ2n) is 11.0. The highest BCUT2D eigenvalue weighted by atomic mass is 32.3. The number of rotatable bonds is 22. The Morgan fingerprint density at radius 3 is 1.95 bits per heavy atom. The quantitative estimate of drug-likeness (QED) is 0.0114. The molecule has 0 aliphatic heterocycles. The molecular weight excluding hydrogens is 935 g/mol. The van der Waals surface area contributed by atoms with E-state index in [1.165, 1.54) is 24.3 Å². The SMILES string of the molecule is COc1cc(S(=O)(=O)CCOS(=O)(=O)O)c(OC)cc1N=Nc1c(S(=O)(=O)O)cc2cc(SOOO)c(N=Nc3ccc(S(=O)(=O)CCOSOOO)cc3)c(O)c2c1N. The first kappa shape index (κ1) is 48.3. The van der Waals surface area contributed by atoms with E-state index in [2.05, 4.69) is 43.4 Å². The number of anilines is 1. The van der Waals surface area contributed by atoms with Crippen LogP contribution >= 0.6 is 24.4 Å². The number of hydrogen-bond acceptors (Lipinski definition) is 26. The molecule has 0 heterocycles. The van der Waals surface area contributed by atoms with Crippen molar-refractivity contribution in [2.75, 3.05) is 44.7 Å². The predicted molar refractivity (Wildman–Crippen MR) is 205 cm³/mol. The van der Waals surface area contributed by atoms with Gasteiger partial charge >= 0.3 is 10.4 Å². The summed E-state index contributed by atoms with van der Waals surface area (Å²) in [5.41, 5.74) is 4.28. The fraction of sp³-hybridized carbons (Fsp3) is 0.214. The van der Waals surface area contributed by atoms with Crippen LogP contribution in [0.25, 0.3) is 10.8 Å². The highest BCUT2D eigenvalue weighted by molar-refractivity contribution is 7.94. The topological polar surface area (TPSA) is 387 Å². The number of ether oxygens (including phenoxy) is 2. The van der Waals surface area contributed by atoms with Crippen LogP contribution in [0.3, 0.4) is 0 Å². The van der Waals surface area contributed by atoms with Gasteiger partial charge in [-0.05, 0) is 41.8 Å². The second kappa shape index (κ2) is 20.5. The Morgan fingerprint density at radius 1 is 0.717 bits per heavy atom. The molecule has 0 aromatic heterocycles. The Labute approximate surface area is 347 Å². The highest BCUT2D eigenvalue weighted by Gasteiger charge is 2.27. The largest absolute Gasteiger partial charge is 0.505 e. The van der Waals surface area contributed by atoms with Crippen molar-refractivity contribution in [1.29, 1.82) is 0 Å².